The van der Waals surface area contributed by atoms with Crippen LogP contribution in [0.1, 0.15) is 42.7 Å². The molecule has 3 N–H and O–H groups in total. The maximum absolute atomic E-state index is 9.27. The van der Waals surface area contributed by atoms with Gasteiger partial charge in [0, 0.05) is 31.6 Å². The Labute approximate surface area is 189 Å². The summed E-state index contributed by atoms with van der Waals surface area (Å²) in [5.41, 5.74) is 0. The monoisotopic (exact) mass is 520 g/mol. The Balaban J connectivity index is 0.00000392. The van der Waals surface area contributed by atoms with E-state index in [1.165, 1.54) is 4.88 Å². The molecule has 0 radical (unpaired) electrons. The summed E-state index contributed by atoms with van der Waals surface area (Å²) in [7, 11) is 1.95. The average molecular weight is 520 g/mol. The Kier molecular flexibility index (Phi) is 12.3. The first-order valence-corrected chi connectivity index (χ1v) is 10.5. The molecule has 2 aromatic heterocycles. The SMILES string of the molecule is CCCC(CCO)CNC(=NCc1nnc(C)n1C)NCCc1cccs1.I. The standard InChI is InChI=1S/C19H32N6OS.HI/c1-4-6-16(9-11-26)13-21-19(20-10-8-17-7-5-12-27-17)22-14-18-24-23-15(2)25(18)3;/h5,7,12,16,26H,4,6,8-11,13-14H2,1-3H3,(H2,20,21,22);1H. The largest absolute Gasteiger partial charge is 0.396 e. The van der Waals surface area contributed by atoms with E-state index in [-0.39, 0.29) is 30.6 Å². The molecule has 0 aliphatic rings. The van der Waals surface area contributed by atoms with Gasteiger partial charge in [-0.25, -0.2) is 4.99 Å². The lowest BCUT2D eigenvalue weighted by Crippen LogP contribution is -2.41. The van der Waals surface area contributed by atoms with Crippen molar-refractivity contribution in [3.8, 4) is 0 Å². The number of rotatable bonds is 11. The highest BCUT2D eigenvalue weighted by Gasteiger charge is 2.10. The van der Waals surface area contributed by atoms with Crippen molar-refractivity contribution in [1.29, 1.82) is 0 Å². The maximum Gasteiger partial charge on any atom is 0.191 e. The molecule has 0 amide bonds. The van der Waals surface area contributed by atoms with Gasteiger partial charge in [0.2, 0.25) is 0 Å². The van der Waals surface area contributed by atoms with E-state index in [0.29, 0.717) is 12.5 Å². The summed E-state index contributed by atoms with van der Waals surface area (Å²) in [6.45, 7) is 6.44. The summed E-state index contributed by atoms with van der Waals surface area (Å²) in [5.74, 6) is 2.95. The molecule has 2 rings (SSSR count). The van der Waals surface area contributed by atoms with E-state index in [2.05, 4.69) is 45.3 Å². The van der Waals surface area contributed by atoms with Gasteiger partial charge in [0.1, 0.15) is 12.4 Å². The average Bonchev–Trinajstić information content (AvgIpc) is 3.28. The first kappa shape index (κ1) is 24.8. The van der Waals surface area contributed by atoms with Crippen LogP contribution in [0.25, 0.3) is 0 Å². The highest BCUT2D eigenvalue weighted by molar-refractivity contribution is 14.0. The number of guanidine groups is 1. The lowest BCUT2D eigenvalue weighted by atomic mass is 10.0. The fourth-order valence-electron chi connectivity index (χ4n) is 2.85. The van der Waals surface area contributed by atoms with Crippen LogP contribution in [0.15, 0.2) is 22.5 Å². The Morgan fingerprint density at radius 3 is 2.75 bits per heavy atom. The molecule has 0 fully saturated rings. The highest BCUT2D eigenvalue weighted by Crippen LogP contribution is 2.10. The molecule has 0 bridgehead atoms. The summed E-state index contributed by atoms with van der Waals surface area (Å²) in [6, 6.07) is 4.23. The van der Waals surface area contributed by atoms with Crippen LogP contribution in [0, 0.1) is 12.8 Å². The van der Waals surface area contributed by atoms with Gasteiger partial charge in [-0.3, -0.25) is 0 Å². The number of halogens is 1. The molecule has 2 heterocycles. The van der Waals surface area contributed by atoms with Gasteiger partial charge in [-0.15, -0.1) is 45.5 Å². The first-order chi connectivity index (χ1) is 13.1. The summed E-state index contributed by atoms with van der Waals surface area (Å²) < 4.78 is 1.96. The van der Waals surface area contributed by atoms with Gasteiger partial charge in [-0.1, -0.05) is 19.4 Å². The summed E-state index contributed by atoms with van der Waals surface area (Å²) >= 11 is 1.77. The normalized spacial score (nSPS) is 12.5. The summed E-state index contributed by atoms with van der Waals surface area (Å²) in [6.07, 6.45) is 3.99. The van der Waals surface area contributed by atoms with Crippen molar-refractivity contribution < 1.29 is 5.11 Å². The Morgan fingerprint density at radius 2 is 2.14 bits per heavy atom. The van der Waals surface area contributed by atoms with Gasteiger partial charge in [0.05, 0.1) is 0 Å². The third kappa shape index (κ3) is 8.44. The smallest absolute Gasteiger partial charge is 0.191 e. The van der Waals surface area contributed by atoms with E-state index in [4.69, 9.17) is 4.99 Å². The number of nitrogens with zero attached hydrogens (tertiary/aromatic N) is 4. The molecule has 28 heavy (non-hydrogen) atoms. The number of aryl methyl sites for hydroxylation is 1. The molecule has 0 spiro atoms. The third-order valence-corrected chi connectivity index (χ3v) is 5.53. The fraction of sp³-hybridized carbons (Fsp3) is 0.632. The van der Waals surface area contributed by atoms with E-state index in [9.17, 15) is 5.11 Å². The number of aromatic nitrogens is 3. The van der Waals surface area contributed by atoms with Crippen LogP contribution in [0.2, 0.25) is 0 Å². The van der Waals surface area contributed by atoms with E-state index in [1.807, 2.05) is 18.5 Å². The van der Waals surface area contributed by atoms with Crippen LogP contribution >= 0.6 is 35.3 Å². The predicted octanol–water partition coefficient (Wildman–Crippen LogP) is 2.88. The second-order valence-corrected chi connectivity index (χ2v) is 7.72. The molecule has 158 valence electrons. The number of hydrogen-bond acceptors (Lipinski definition) is 5. The molecular weight excluding hydrogens is 487 g/mol. The van der Waals surface area contributed by atoms with Crippen LogP contribution in [-0.2, 0) is 20.0 Å². The van der Waals surface area contributed by atoms with Gasteiger partial charge in [0.25, 0.3) is 0 Å². The molecule has 1 atom stereocenters. The number of aliphatic imine (C=N–C) groups is 1. The number of nitrogens with one attached hydrogen (secondary N) is 2. The van der Waals surface area contributed by atoms with Crippen molar-refractivity contribution in [3.63, 3.8) is 0 Å². The molecule has 9 heteroatoms. The zero-order valence-electron chi connectivity index (χ0n) is 17.0. The van der Waals surface area contributed by atoms with Crippen LogP contribution in [-0.4, -0.2) is 45.5 Å². The zero-order valence-corrected chi connectivity index (χ0v) is 20.2. The molecule has 0 aliphatic carbocycles. The van der Waals surface area contributed by atoms with Gasteiger partial charge < -0.3 is 20.3 Å². The Hall–Kier alpha value is -1.20. The predicted molar refractivity (Wildman–Crippen MR) is 126 cm³/mol. The zero-order chi connectivity index (χ0) is 19.5. The molecule has 0 aromatic carbocycles. The van der Waals surface area contributed by atoms with Crippen LogP contribution < -0.4 is 10.6 Å². The fourth-order valence-corrected chi connectivity index (χ4v) is 3.56. The van der Waals surface area contributed by atoms with Crippen molar-refractivity contribution >= 4 is 41.3 Å². The minimum Gasteiger partial charge on any atom is -0.396 e. The second-order valence-electron chi connectivity index (χ2n) is 6.69. The minimum absolute atomic E-state index is 0. The van der Waals surface area contributed by atoms with Crippen LogP contribution in [0.3, 0.4) is 0 Å². The molecule has 0 saturated heterocycles. The van der Waals surface area contributed by atoms with Crippen molar-refractivity contribution in [2.24, 2.45) is 18.0 Å². The maximum atomic E-state index is 9.27. The number of aliphatic hydroxyl groups excluding tert-OH is 1. The van der Waals surface area contributed by atoms with Crippen molar-refractivity contribution in [2.75, 3.05) is 19.7 Å². The molecule has 0 saturated carbocycles. The van der Waals surface area contributed by atoms with E-state index in [0.717, 1.165) is 56.4 Å². The molecule has 2 aromatic rings. The molecule has 1 unspecified atom stereocenters. The quantitative estimate of drug-likeness (QED) is 0.241. The first-order valence-electron chi connectivity index (χ1n) is 9.64. The molecular formula is C19H33IN6OS. The Morgan fingerprint density at radius 1 is 1.32 bits per heavy atom. The van der Waals surface area contributed by atoms with E-state index in [1.54, 1.807) is 11.3 Å². The van der Waals surface area contributed by atoms with Crippen molar-refractivity contribution in [1.82, 2.24) is 25.4 Å². The molecule has 0 aliphatic heterocycles. The van der Waals surface area contributed by atoms with Crippen molar-refractivity contribution in [2.45, 2.75) is 46.1 Å². The summed E-state index contributed by atoms with van der Waals surface area (Å²) in [5, 5.41) is 26.5. The second kappa shape index (κ2) is 13.9. The summed E-state index contributed by atoms with van der Waals surface area (Å²) in [4.78, 5) is 6.05. The van der Waals surface area contributed by atoms with Gasteiger partial charge in [0.15, 0.2) is 11.8 Å². The van der Waals surface area contributed by atoms with Gasteiger partial charge >= 0.3 is 0 Å². The highest BCUT2D eigenvalue weighted by atomic mass is 127. The Bertz CT molecular complexity index is 683. The third-order valence-electron chi connectivity index (χ3n) is 4.60. The minimum atomic E-state index is 0. The van der Waals surface area contributed by atoms with Crippen LogP contribution in [0.4, 0.5) is 0 Å². The molecule has 7 nitrogen and oxygen atoms in total. The van der Waals surface area contributed by atoms with E-state index < -0.39 is 0 Å². The van der Waals surface area contributed by atoms with Crippen LogP contribution in [0.5, 0.6) is 0 Å². The van der Waals surface area contributed by atoms with Crippen molar-refractivity contribution in [3.05, 3.63) is 34.0 Å². The topological polar surface area (TPSA) is 87.4 Å². The lowest BCUT2D eigenvalue weighted by Gasteiger charge is -2.18. The van der Waals surface area contributed by atoms with Gasteiger partial charge in [-0.05, 0) is 43.6 Å². The van der Waals surface area contributed by atoms with E-state index >= 15 is 0 Å². The lowest BCUT2D eigenvalue weighted by molar-refractivity contribution is 0.251. The number of hydrogen-bond donors (Lipinski definition) is 3. The van der Waals surface area contributed by atoms with Gasteiger partial charge in [-0.2, -0.15) is 0 Å². The number of aliphatic hydroxyl groups is 1. The number of thiophene rings is 1.